The molecule has 1 heterocycles. The Kier molecular flexibility index (Phi) is 7.56. The predicted molar refractivity (Wildman–Crippen MR) is 140 cm³/mol. The molecule has 0 fully saturated rings. The van der Waals surface area contributed by atoms with Crippen molar-refractivity contribution in [3.05, 3.63) is 98.4 Å². The number of para-hydroxylation sites is 1. The first-order valence-corrected chi connectivity index (χ1v) is 11.5. The summed E-state index contributed by atoms with van der Waals surface area (Å²) in [5.41, 5.74) is -0.257. The van der Waals surface area contributed by atoms with Gasteiger partial charge in [0.2, 0.25) is 5.91 Å². The second-order valence-electron chi connectivity index (χ2n) is 8.29. The van der Waals surface area contributed by atoms with Crippen LogP contribution in [0.5, 0.6) is 11.5 Å². The van der Waals surface area contributed by atoms with E-state index in [0.29, 0.717) is 11.1 Å². The van der Waals surface area contributed by atoms with Crippen molar-refractivity contribution < 1.29 is 23.5 Å². The Bertz CT molecular complexity index is 1640. The molecule has 0 aliphatic rings. The highest BCUT2D eigenvalue weighted by atomic mass is 19.1. The molecule has 11 heteroatoms. The van der Waals surface area contributed by atoms with Gasteiger partial charge in [0.15, 0.2) is 11.5 Å². The molecule has 0 saturated heterocycles. The molecule has 2 amide bonds. The van der Waals surface area contributed by atoms with Crippen LogP contribution in [0.25, 0.3) is 10.9 Å². The normalized spacial score (nSPS) is 10.7. The molecule has 38 heavy (non-hydrogen) atoms. The molecular formula is C27H25FN4O6. The van der Waals surface area contributed by atoms with Crippen molar-refractivity contribution in [3.63, 3.8) is 0 Å². The van der Waals surface area contributed by atoms with Crippen LogP contribution in [0.3, 0.4) is 0 Å². The van der Waals surface area contributed by atoms with Crippen LogP contribution in [0.15, 0.2) is 70.3 Å². The minimum atomic E-state index is -0.756. The number of anilines is 1. The Balaban J connectivity index is 1.83. The van der Waals surface area contributed by atoms with Crippen LogP contribution in [-0.2, 0) is 17.9 Å². The molecule has 0 saturated carbocycles. The number of carbonyl (C=O) groups is 2. The van der Waals surface area contributed by atoms with Crippen molar-refractivity contribution in [2.24, 2.45) is 0 Å². The van der Waals surface area contributed by atoms with E-state index in [1.54, 1.807) is 30.3 Å². The summed E-state index contributed by atoms with van der Waals surface area (Å²) in [7, 11) is 4.33. The number of aromatic nitrogens is 2. The van der Waals surface area contributed by atoms with Gasteiger partial charge < -0.3 is 20.1 Å². The Morgan fingerprint density at radius 3 is 2.21 bits per heavy atom. The summed E-state index contributed by atoms with van der Waals surface area (Å²) in [4.78, 5) is 51.7. The monoisotopic (exact) mass is 520 g/mol. The van der Waals surface area contributed by atoms with Gasteiger partial charge in [0.1, 0.15) is 12.4 Å². The molecule has 1 aromatic heterocycles. The van der Waals surface area contributed by atoms with Crippen molar-refractivity contribution in [2.45, 2.75) is 13.1 Å². The lowest BCUT2D eigenvalue weighted by Crippen LogP contribution is -2.42. The van der Waals surface area contributed by atoms with E-state index < -0.39 is 29.5 Å². The molecule has 0 atom stereocenters. The van der Waals surface area contributed by atoms with E-state index in [1.807, 2.05) is 0 Å². The zero-order chi connectivity index (χ0) is 27.4. The summed E-state index contributed by atoms with van der Waals surface area (Å²) < 4.78 is 26.8. The highest BCUT2D eigenvalue weighted by Gasteiger charge is 2.19. The molecule has 3 aromatic carbocycles. The van der Waals surface area contributed by atoms with Crippen LogP contribution in [0, 0.1) is 5.82 Å². The lowest BCUT2D eigenvalue weighted by molar-refractivity contribution is -0.116. The zero-order valence-corrected chi connectivity index (χ0v) is 20.9. The third-order valence-electron chi connectivity index (χ3n) is 5.96. The van der Waals surface area contributed by atoms with Crippen LogP contribution in [0.2, 0.25) is 0 Å². The van der Waals surface area contributed by atoms with Gasteiger partial charge in [-0.1, -0.05) is 24.3 Å². The van der Waals surface area contributed by atoms with E-state index in [1.165, 1.54) is 51.6 Å². The molecule has 0 spiro atoms. The summed E-state index contributed by atoms with van der Waals surface area (Å²) in [5, 5.41) is 5.09. The van der Waals surface area contributed by atoms with Crippen molar-refractivity contribution in [1.82, 2.24) is 14.5 Å². The highest BCUT2D eigenvalue weighted by molar-refractivity contribution is 5.94. The van der Waals surface area contributed by atoms with Gasteiger partial charge in [0.05, 0.1) is 37.4 Å². The number of methoxy groups -OCH3 is 2. The average Bonchev–Trinajstić information content (AvgIpc) is 2.93. The average molecular weight is 521 g/mol. The molecule has 2 N–H and O–H groups in total. The minimum Gasteiger partial charge on any atom is -0.493 e. The topological polar surface area (TPSA) is 121 Å². The van der Waals surface area contributed by atoms with Gasteiger partial charge in [-0.2, -0.15) is 0 Å². The minimum absolute atomic E-state index is 0.0429. The van der Waals surface area contributed by atoms with Gasteiger partial charge in [-0.25, -0.2) is 9.18 Å². The molecule has 0 unspecified atom stereocenters. The number of nitrogens with zero attached hydrogens (tertiary/aromatic N) is 2. The van der Waals surface area contributed by atoms with Crippen molar-refractivity contribution in [1.29, 1.82) is 0 Å². The number of halogens is 1. The molecule has 196 valence electrons. The van der Waals surface area contributed by atoms with Gasteiger partial charge >= 0.3 is 5.69 Å². The van der Waals surface area contributed by atoms with E-state index in [-0.39, 0.29) is 40.5 Å². The predicted octanol–water partition coefficient (Wildman–Crippen LogP) is 2.37. The molecular weight excluding hydrogens is 495 g/mol. The summed E-state index contributed by atoms with van der Waals surface area (Å²) in [6, 6.07) is 14.9. The molecule has 0 aliphatic heterocycles. The summed E-state index contributed by atoms with van der Waals surface area (Å²) in [6.45, 7) is -0.625. The van der Waals surface area contributed by atoms with Crippen molar-refractivity contribution >= 4 is 28.4 Å². The summed E-state index contributed by atoms with van der Waals surface area (Å²) in [5.74, 6) is -1.06. The van der Waals surface area contributed by atoms with Crippen LogP contribution >= 0.6 is 0 Å². The SMILES string of the molecule is CNC(=O)c1ccc(Cn2c(=O)c3cc(OC)c(OC)cc3n(CC(=O)Nc3ccccc3F)c2=O)cc1. The number of ether oxygens (including phenoxy) is 2. The van der Waals surface area contributed by atoms with Crippen LogP contribution in [-0.4, -0.2) is 42.2 Å². The van der Waals surface area contributed by atoms with E-state index in [9.17, 15) is 23.6 Å². The maximum Gasteiger partial charge on any atom is 0.332 e. The first-order chi connectivity index (χ1) is 18.3. The first-order valence-electron chi connectivity index (χ1n) is 11.5. The molecule has 0 bridgehead atoms. The Labute approximate surface area is 216 Å². The molecule has 10 nitrogen and oxygen atoms in total. The van der Waals surface area contributed by atoms with Crippen LogP contribution in [0.4, 0.5) is 10.1 Å². The Morgan fingerprint density at radius 2 is 1.58 bits per heavy atom. The molecule has 0 radical (unpaired) electrons. The van der Waals surface area contributed by atoms with Crippen LogP contribution in [0.1, 0.15) is 15.9 Å². The van der Waals surface area contributed by atoms with E-state index >= 15 is 0 Å². The Hall–Kier alpha value is -4.93. The maximum atomic E-state index is 14.1. The van der Waals surface area contributed by atoms with Gasteiger partial charge in [0, 0.05) is 18.7 Å². The number of hydrogen-bond donors (Lipinski definition) is 2. The number of rotatable bonds is 8. The number of benzene rings is 3. The van der Waals surface area contributed by atoms with Gasteiger partial charge in [-0.3, -0.25) is 23.5 Å². The number of nitrogens with one attached hydrogen (secondary N) is 2. The van der Waals surface area contributed by atoms with E-state index in [2.05, 4.69) is 10.6 Å². The number of fused-ring (bicyclic) bond motifs is 1. The number of carbonyl (C=O) groups excluding carboxylic acids is 2. The summed E-state index contributed by atoms with van der Waals surface area (Å²) in [6.07, 6.45) is 0. The number of hydrogen-bond acceptors (Lipinski definition) is 6. The third kappa shape index (κ3) is 5.12. The summed E-state index contributed by atoms with van der Waals surface area (Å²) >= 11 is 0. The highest BCUT2D eigenvalue weighted by Crippen LogP contribution is 2.30. The Morgan fingerprint density at radius 1 is 0.921 bits per heavy atom. The standard InChI is InChI=1S/C27H25FN4O6/c1-29-25(34)17-10-8-16(9-11-17)14-32-26(35)18-12-22(37-2)23(38-3)13-21(18)31(27(32)36)15-24(33)30-20-7-5-4-6-19(20)28/h4-13H,14-15H2,1-3H3,(H,29,34)(H,30,33). The lowest BCUT2D eigenvalue weighted by atomic mass is 10.1. The fourth-order valence-electron chi connectivity index (χ4n) is 4.02. The van der Waals surface area contributed by atoms with Gasteiger partial charge in [-0.05, 0) is 35.9 Å². The lowest BCUT2D eigenvalue weighted by Gasteiger charge is -2.16. The van der Waals surface area contributed by atoms with E-state index in [4.69, 9.17) is 9.47 Å². The largest absolute Gasteiger partial charge is 0.493 e. The van der Waals surface area contributed by atoms with Crippen LogP contribution < -0.4 is 31.4 Å². The quantitative estimate of drug-likeness (QED) is 0.368. The van der Waals surface area contributed by atoms with Gasteiger partial charge in [-0.15, -0.1) is 0 Å². The number of amides is 2. The van der Waals surface area contributed by atoms with Crippen molar-refractivity contribution in [3.8, 4) is 11.5 Å². The molecule has 4 aromatic rings. The molecule has 4 rings (SSSR count). The molecule has 0 aliphatic carbocycles. The third-order valence-corrected chi connectivity index (χ3v) is 5.96. The first kappa shape index (κ1) is 26.1. The maximum absolute atomic E-state index is 14.1. The fourth-order valence-corrected chi connectivity index (χ4v) is 4.02. The smallest absolute Gasteiger partial charge is 0.332 e. The van der Waals surface area contributed by atoms with Gasteiger partial charge in [0.25, 0.3) is 11.5 Å². The van der Waals surface area contributed by atoms with Crippen molar-refractivity contribution in [2.75, 3.05) is 26.6 Å². The zero-order valence-electron chi connectivity index (χ0n) is 20.9. The van der Waals surface area contributed by atoms with E-state index in [0.717, 1.165) is 9.13 Å². The second kappa shape index (κ2) is 11.0. The second-order valence-corrected chi connectivity index (χ2v) is 8.29. The fraction of sp³-hybridized carbons (Fsp3) is 0.185.